The van der Waals surface area contributed by atoms with Crippen molar-refractivity contribution in [3.63, 3.8) is 0 Å². The van der Waals surface area contributed by atoms with E-state index < -0.39 is 0 Å². The summed E-state index contributed by atoms with van der Waals surface area (Å²) in [6, 6.07) is 14.0. The highest BCUT2D eigenvalue weighted by Crippen LogP contribution is 2.35. The van der Waals surface area contributed by atoms with Crippen molar-refractivity contribution in [2.75, 3.05) is 16.0 Å². The van der Waals surface area contributed by atoms with Gasteiger partial charge < -0.3 is 16.0 Å². The molecule has 3 aromatic rings. The van der Waals surface area contributed by atoms with E-state index in [0.717, 1.165) is 11.1 Å². The van der Waals surface area contributed by atoms with E-state index in [1.54, 1.807) is 42.6 Å². The molecule has 0 aliphatic carbocycles. The summed E-state index contributed by atoms with van der Waals surface area (Å²) in [6.45, 7) is 0. The maximum atomic E-state index is 12.1. The lowest BCUT2D eigenvalue weighted by molar-refractivity contribution is -0.116. The Balaban J connectivity index is 1.45. The van der Waals surface area contributed by atoms with Crippen LogP contribution in [0, 0.1) is 0 Å². The predicted molar refractivity (Wildman–Crippen MR) is 104 cm³/mol. The lowest BCUT2D eigenvalue weighted by Crippen LogP contribution is -2.23. The lowest BCUT2D eigenvalue weighted by Gasteiger charge is -2.22. The number of aromatic amines is 1. The molecular formula is C19H16ClN5O2. The number of urea groups is 1. The summed E-state index contributed by atoms with van der Waals surface area (Å²) in [5.41, 5.74) is 3.19. The van der Waals surface area contributed by atoms with Gasteiger partial charge in [-0.1, -0.05) is 29.8 Å². The second-order valence-electron chi connectivity index (χ2n) is 6.22. The molecule has 1 aliphatic heterocycles. The average Bonchev–Trinajstić information content (AvgIpc) is 3.10. The summed E-state index contributed by atoms with van der Waals surface area (Å²) in [7, 11) is 0. The molecule has 0 saturated heterocycles. The summed E-state index contributed by atoms with van der Waals surface area (Å²) in [5.74, 6) is 0.515. The number of carbonyl (C=O) groups excluding carboxylic acids is 2. The van der Waals surface area contributed by atoms with Gasteiger partial charge in [0.05, 0.1) is 6.20 Å². The average molecular weight is 382 g/mol. The van der Waals surface area contributed by atoms with E-state index in [9.17, 15) is 9.59 Å². The van der Waals surface area contributed by atoms with Crippen LogP contribution in [0.5, 0.6) is 0 Å². The second kappa shape index (κ2) is 7.13. The molecule has 4 N–H and O–H groups in total. The molecule has 0 spiro atoms. The number of hydrogen-bond acceptors (Lipinski definition) is 3. The van der Waals surface area contributed by atoms with Gasteiger partial charge in [0, 0.05) is 34.3 Å². The molecular weight excluding hydrogens is 366 g/mol. The molecule has 27 heavy (non-hydrogen) atoms. The van der Waals surface area contributed by atoms with Crippen LogP contribution in [0.4, 0.5) is 22.0 Å². The van der Waals surface area contributed by atoms with Crippen molar-refractivity contribution in [1.29, 1.82) is 0 Å². The minimum atomic E-state index is -0.362. The highest BCUT2D eigenvalue weighted by atomic mass is 35.5. The van der Waals surface area contributed by atoms with E-state index in [2.05, 4.69) is 26.1 Å². The van der Waals surface area contributed by atoms with Crippen LogP contribution in [0.3, 0.4) is 0 Å². The molecule has 3 amide bonds. The number of halogens is 1. The van der Waals surface area contributed by atoms with Crippen molar-refractivity contribution in [2.45, 2.75) is 12.3 Å². The number of aromatic nitrogens is 2. The van der Waals surface area contributed by atoms with Gasteiger partial charge in [0.15, 0.2) is 0 Å². The predicted octanol–water partition coefficient (Wildman–Crippen LogP) is 4.18. The number of anilines is 3. The number of amides is 3. The van der Waals surface area contributed by atoms with Crippen LogP contribution < -0.4 is 16.0 Å². The normalized spacial score (nSPS) is 15.6. The summed E-state index contributed by atoms with van der Waals surface area (Å²) >= 11 is 5.91. The Bertz CT molecular complexity index is 999. The smallest absolute Gasteiger partial charge is 0.311 e. The first kappa shape index (κ1) is 17.1. The van der Waals surface area contributed by atoms with Gasteiger partial charge in [-0.2, -0.15) is 5.10 Å². The molecule has 1 aromatic heterocycles. The maximum absolute atomic E-state index is 12.1. The number of benzene rings is 2. The lowest BCUT2D eigenvalue weighted by atomic mass is 9.87. The molecule has 0 radical (unpaired) electrons. The van der Waals surface area contributed by atoms with E-state index in [4.69, 9.17) is 11.6 Å². The second-order valence-corrected chi connectivity index (χ2v) is 6.65. The van der Waals surface area contributed by atoms with Crippen LogP contribution in [0.2, 0.25) is 5.02 Å². The van der Waals surface area contributed by atoms with Crippen LogP contribution in [0.15, 0.2) is 54.7 Å². The van der Waals surface area contributed by atoms with Crippen LogP contribution in [-0.2, 0) is 4.79 Å². The van der Waals surface area contributed by atoms with E-state index in [-0.39, 0.29) is 17.9 Å². The molecule has 1 atom stereocenters. The summed E-state index contributed by atoms with van der Waals surface area (Å²) in [4.78, 5) is 24.0. The molecule has 136 valence electrons. The Morgan fingerprint density at radius 2 is 1.89 bits per heavy atom. The van der Waals surface area contributed by atoms with Crippen molar-refractivity contribution < 1.29 is 9.59 Å². The molecule has 2 heterocycles. The van der Waals surface area contributed by atoms with E-state index >= 15 is 0 Å². The van der Waals surface area contributed by atoms with Gasteiger partial charge in [-0.15, -0.1) is 0 Å². The highest BCUT2D eigenvalue weighted by Gasteiger charge is 2.27. The topological polar surface area (TPSA) is 98.9 Å². The SMILES string of the molecule is O=C1CC(c2ccc(NC(=O)Nc3cccc(Cl)c3)cc2)c2cn[nH]c2N1. The molecule has 4 rings (SSSR count). The van der Waals surface area contributed by atoms with E-state index in [1.807, 2.05) is 12.1 Å². The maximum Gasteiger partial charge on any atom is 0.323 e. The number of nitrogens with zero attached hydrogens (tertiary/aromatic N) is 1. The Morgan fingerprint density at radius 3 is 2.67 bits per heavy atom. The summed E-state index contributed by atoms with van der Waals surface area (Å²) in [6.07, 6.45) is 2.08. The van der Waals surface area contributed by atoms with Crippen molar-refractivity contribution in [3.05, 3.63) is 70.9 Å². The van der Waals surface area contributed by atoms with Crippen molar-refractivity contribution in [2.24, 2.45) is 0 Å². The fourth-order valence-electron chi connectivity index (χ4n) is 3.10. The number of nitrogens with one attached hydrogen (secondary N) is 4. The van der Waals surface area contributed by atoms with Gasteiger partial charge >= 0.3 is 6.03 Å². The van der Waals surface area contributed by atoms with Gasteiger partial charge in [0.2, 0.25) is 5.91 Å². The molecule has 1 unspecified atom stereocenters. The zero-order valence-corrected chi connectivity index (χ0v) is 14.9. The number of carbonyl (C=O) groups is 2. The first-order chi connectivity index (χ1) is 13.1. The third-order valence-corrected chi connectivity index (χ3v) is 4.59. The first-order valence-corrected chi connectivity index (χ1v) is 8.73. The molecule has 0 saturated carbocycles. The van der Waals surface area contributed by atoms with Gasteiger partial charge in [-0.05, 0) is 35.9 Å². The van der Waals surface area contributed by atoms with Crippen molar-refractivity contribution in [1.82, 2.24) is 10.2 Å². The zero-order chi connectivity index (χ0) is 18.8. The molecule has 7 nitrogen and oxygen atoms in total. The quantitative estimate of drug-likeness (QED) is 0.547. The molecule has 2 aromatic carbocycles. The molecule has 0 bridgehead atoms. The van der Waals surface area contributed by atoms with Crippen LogP contribution in [0.1, 0.15) is 23.5 Å². The molecule has 1 aliphatic rings. The molecule has 0 fully saturated rings. The van der Waals surface area contributed by atoms with Gasteiger partial charge in [0.25, 0.3) is 0 Å². The molecule has 8 heteroatoms. The van der Waals surface area contributed by atoms with Crippen LogP contribution in [-0.4, -0.2) is 22.1 Å². The van der Waals surface area contributed by atoms with Gasteiger partial charge in [-0.3, -0.25) is 9.89 Å². The van der Waals surface area contributed by atoms with Gasteiger partial charge in [-0.25, -0.2) is 4.79 Å². The minimum absolute atomic E-state index is 0.0557. The third kappa shape index (κ3) is 3.78. The van der Waals surface area contributed by atoms with Crippen molar-refractivity contribution in [3.8, 4) is 0 Å². The van der Waals surface area contributed by atoms with Crippen LogP contribution in [0.25, 0.3) is 0 Å². The Labute approximate surface area is 160 Å². The fourth-order valence-corrected chi connectivity index (χ4v) is 3.29. The van der Waals surface area contributed by atoms with Gasteiger partial charge in [0.1, 0.15) is 5.82 Å². The van der Waals surface area contributed by atoms with Crippen LogP contribution >= 0.6 is 11.6 Å². The third-order valence-electron chi connectivity index (χ3n) is 4.35. The number of hydrogen-bond donors (Lipinski definition) is 4. The number of rotatable bonds is 3. The van der Waals surface area contributed by atoms with E-state index in [0.29, 0.717) is 28.6 Å². The Kier molecular flexibility index (Phi) is 4.52. The van der Waals surface area contributed by atoms with Crippen molar-refractivity contribution >= 4 is 40.7 Å². The monoisotopic (exact) mass is 381 g/mol. The zero-order valence-electron chi connectivity index (χ0n) is 14.1. The first-order valence-electron chi connectivity index (χ1n) is 8.35. The largest absolute Gasteiger partial charge is 0.323 e. The number of H-pyrrole nitrogens is 1. The Morgan fingerprint density at radius 1 is 1.11 bits per heavy atom. The highest BCUT2D eigenvalue weighted by molar-refractivity contribution is 6.30. The van der Waals surface area contributed by atoms with E-state index in [1.165, 1.54) is 0 Å². The summed E-state index contributed by atoms with van der Waals surface area (Å²) in [5, 5.41) is 15.6. The fraction of sp³-hybridized carbons (Fsp3) is 0.105. The summed E-state index contributed by atoms with van der Waals surface area (Å²) < 4.78 is 0. The minimum Gasteiger partial charge on any atom is -0.311 e. The standard InChI is InChI=1S/C19H16ClN5O2/c20-12-2-1-3-14(8-12)23-19(27)22-13-6-4-11(5-7-13)15-9-17(26)24-18-16(15)10-21-25-18/h1-8,10,15H,9H2,(H2,22,23,27)(H2,21,24,25,26). The Hall–Kier alpha value is -3.32. The number of fused-ring (bicyclic) bond motifs is 1.